The third-order valence-electron chi connectivity index (χ3n) is 4.64. The first-order valence-electron chi connectivity index (χ1n) is 12.6. The number of rotatable bonds is 4. The van der Waals surface area contributed by atoms with Crippen LogP contribution in [0, 0.1) is 0 Å². The van der Waals surface area contributed by atoms with Gasteiger partial charge in [-0.25, -0.2) is 0 Å². The summed E-state index contributed by atoms with van der Waals surface area (Å²) in [5.74, 6) is 0. The zero-order chi connectivity index (χ0) is 34.5. The Morgan fingerprint density at radius 3 is 0.556 bits per heavy atom. The van der Waals surface area contributed by atoms with Crippen molar-refractivity contribution < 1.29 is 104 Å². The number of halogens is 12. The number of hydrogen-bond donors (Lipinski definition) is 4. The molecule has 4 unspecified atom stereocenters. The second-order valence-electron chi connectivity index (χ2n) is 8.38. The third kappa shape index (κ3) is 31.4. The quantitative estimate of drug-likeness (QED) is 0.247. The molecule has 0 saturated carbocycles. The van der Waals surface area contributed by atoms with Crippen molar-refractivity contribution in [3.63, 3.8) is 0 Å². The summed E-state index contributed by atoms with van der Waals surface area (Å²) in [4.78, 5) is 0. The molecule has 0 aromatic rings. The molecule has 0 spiro atoms. The van der Waals surface area contributed by atoms with E-state index in [1.54, 1.807) is 0 Å². The van der Waals surface area contributed by atoms with E-state index in [0.29, 0.717) is 79.3 Å². The van der Waals surface area contributed by atoms with Gasteiger partial charge < -0.3 is 51.7 Å². The average molecular weight is 828 g/mol. The van der Waals surface area contributed by atoms with Crippen molar-refractivity contribution in [1.82, 2.24) is 0 Å². The van der Waals surface area contributed by atoms with Crippen LogP contribution >= 0.6 is 0 Å². The van der Waals surface area contributed by atoms with E-state index in [1.807, 2.05) is 0 Å². The summed E-state index contributed by atoms with van der Waals surface area (Å²) >= 11 is 0. The van der Waals surface area contributed by atoms with Gasteiger partial charge in [0.1, 0.15) is 0 Å². The maximum absolute atomic E-state index is 11.5. The minimum Gasteiger partial charge on any atom is -1.00 e. The Labute approximate surface area is 293 Å². The van der Waals surface area contributed by atoms with Gasteiger partial charge in [-0.1, -0.05) is 0 Å². The van der Waals surface area contributed by atoms with Crippen LogP contribution in [0.2, 0.25) is 0 Å². The molecular formula is C22H38BaF12O10. The normalized spacial score (nSPS) is 20.3. The van der Waals surface area contributed by atoms with E-state index in [1.165, 1.54) is 0 Å². The Balaban J connectivity index is -0.000000186. The van der Waals surface area contributed by atoms with Crippen molar-refractivity contribution in [3.8, 4) is 0 Å². The maximum Gasteiger partial charge on any atom is 2.00 e. The van der Waals surface area contributed by atoms with Crippen molar-refractivity contribution in [1.29, 1.82) is 0 Å². The monoisotopic (exact) mass is 828 g/mol. The van der Waals surface area contributed by atoms with Crippen LogP contribution < -0.4 is 0 Å². The van der Waals surface area contributed by atoms with E-state index in [4.69, 9.17) is 48.8 Å². The molecule has 1 saturated heterocycles. The Hall–Kier alpha value is 0.331. The number of aliphatic hydroxyl groups excluding tert-OH is 4. The molecule has 0 aromatic heterocycles. The van der Waals surface area contributed by atoms with Crippen LogP contribution in [0.25, 0.3) is 0 Å². The SMILES string of the molecule is C1COCCOCCOCCOCCOCCO1.OC(CC(O)C(F)(F)F)C(F)(F)F.OC(CC(O)C(F)(F)F)C(F)(F)F.[Ba+2].[H-].[H-]. The predicted octanol–water partition coefficient (Wildman–Crippen LogP) is 2.39. The second-order valence-corrected chi connectivity index (χ2v) is 8.38. The van der Waals surface area contributed by atoms with Gasteiger partial charge >= 0.3 is 73.6 Å². The predicted molar refractivity (Wildman–Crippen MR) is 130 cm³/mol. The molecule has 4 atom stereocenters. The Bertz CT molecular complexity index is 548. The second kappa shape index (κ2) is 26.2. The Kier molecular flexibility index (Phi) is 29.0. The van der Waals surface area contributed by atoms with Gasteiger partial charge in [-0.05, 0) is 0 Å². The number of hydrogen-bond acceptors (Lipinski definition) is 10. The zero-order valence-corrected chi connectivity index (χ0v) is 28.1. The van der Waals surface area contributed by atoms with E-state index >= 15 is 0 Å². The minimum atomic E-state index is -5.15. The van der Waals surface area contributed by atoms with Crippen LogP contribution in [0.4, 0.5) is 52.7 Å². The smallest absolute Gasteiger partial charge is 1.00 e. The molecule has 0 bridgehead atoms. The van der Waals surface area contributed by atoms with E-state index < -0.39 is 62.0 Å². The van der Waals surface area contributed by atoms with E-state index in [9.17, 15) is 52.7 Å². The van der Waals surface area contributed by atoms with Crippen LogP contribution in [0.3, 0.4) is 0 Å². The van der Waals surface area contributed by atoms with Gasteiger partial charge in [0.2, 0.25) is 0 Å². The number of aliphatic hydroxyl groups is 4. The van der Waals surface area contributed by atoms with E-state index in [0.717, 1.165) is 0 Å². The Morgan fingerprint density at radius 1 is 0.356 bits per heavy atom. The molecule has 0 aliphatic carbocycles. The topological polar surface area (TPSA) is 136 Å². The largest absolute Gasteiger partial charge is 2.00 e. The molecule has 272 valence electrons. The van der Waals surface area contributed by atoms with Crippen molar-refractivity contribution >= 4 is 48.9 Å². The molecule has 45 heavy (non-hydrogen) atoms. The molecule has 0 aromatic carbocycles. The van der Waals surface area contributed by atoms with Crippen LogP contribution in [-0.2, 0) is 28.4 Å². The third-order valence-corrected chi connectivity index (χ3v) is 4.64. The molecule has 1 aliphatic rings. The summed E-state index contributed by atoms with van der Waals surface area (Å²) in [5, 5.41) is 32.5. The fraction of sp³-hybridized carbons (Fsp3) is 1.00. The maximum atomic E-state index is 11.5. The van der Waals surface area contributed by atoms with Gasteiger partial charge in [-0.3, -0.25) is 0 Å². The molecule has 1 heterocycles. The Morgan fingerprint density at radius 2 is 0.467 bits per heavy atom. The molecule has 1 rings (SSSR count). The fourth-order valence-electron chi connectivity index (χ4n) is 2.28. The average Bonchev–Trinajstić information content (AvgIpc) is 2.87. The standard InChI is InChI=1S/C12H24O6.2C5H6F6O2.Ba.2H/c1-2-14-5-6-16-9-10-18-12-11-17-8-7-15-4-3-13-1;2*6-4(7,8)2(12)1-3(13)5(9,10)11;;;/h1-12H2;2*2-3,12-13H,1H2;;;/q;;;+2;2*-1. The van der Waals surface area contributed by atoms with Crippen LogP contribution in [0.15, 0.2) is 0 Å². The summed E-state index contributed by atoms with van der Waals surface area (Å²) in [6.45, 7) is 7.04. The van der Waals surface area contributed by atoms with Crippen molar-refractivity contribution in [2.24, 2.45) is 0 Å². The fourth-order valence-corrected chi connectivity index (χ4v) is 2.28. The molecule has 23 heteroatoms. The minimum absolute atomic E-state index is 0. The summed E-state index contributed by atoms with van der Waals surface area (Å²) in [6, 6.07) is 0. The van der Waals surface area contributed by atoms with Gasteiger partial charge in [0, 0.05) is 12.8 Å². The molecule has 1 fully saturated rings. The summed E-state index contributed by atoms with van der Waals surface area (Å²) in [7, 11) is 0. The van der Waals surface area contributed by atoms with Gasteiger partial charge in [-0.15, -0.1) is 0 Å². The van der Waals surface area contributed by atoms with Crippen LogP contribution in [0.5, 0.6) is 0 Å². The van der Waals surface area contributed by atoms with E-state index in [-0.39, 0.29) is 51.7 Å². The number of ether oxygens (including phenoxy) is 6. The molecule has 1 aliphatic heterocycles. The number of alkyl halides is 12. The van der Waals surface area contributed by atoms with Gasteiger partial charge in [0.15, 0.2) is 24.4 Å². The first-order chi connectivity index (χ1) is 20.1. The molecule has 0 amide bonds. The summed E-state index contributed by atoms with van der Waals surface area (Å²) in [5.41, 5.74) is 0. The van der Waals surface area contributed by atoms with E-state index in [2.05, 4.69) is 0 Å². The molecular weight excluding hydrogens is 790 g/mol. The van der Waals surface area contributed by atoms with Crippen molar-refractivity contribution in [2.45, 2.75) is 62.0 Å². The zero-order valence-electron chi connectivity index (χ0n) is 25.7. The summed E-state index contributed by atoms with van der Waals surface area (Å²) < 4.78 is 170. The van der Waals surface area contributed by atoms with Gasteiger partial charge in [-0.2, -0.15) is 52.7 Å². The van der Waals surface area contributed by atoms with Crippen LogP contribution in [0.1, 0.15) is 15.7 Å². The van der Waals surface area contributed by atoms with Crippen molar-refractivity contribution in [2.75, 3.05) is 79.3 Å². The first kappa shape index (κ1) is 49.7. The van der Waals surface area contributed by atoms with Crippen molar-refractivity contribution in [3.05, 3.63) is 0 Å². The van der Waals surface area contributed by atoms with Crippen LogP contribution in [-0.4, -0.2) is 198 Å². The molecule has 4 N–H and O–H groups in total. The van der Waals surface area contributed by atoms with Gasteiger partial charge in [0.05, 0.1) is 79.3 Å². The summed E-state index contributed by atoms with van der Waals surface area (Å²) in [6.07, 6.45) is -36.8. The first-order valence-corrected chi connectivity index (χ1v) is 12.6. The molecule has 0 radical (unpaired) electrons. The molecule has 10 nitrogen and oxygen atoms in total. The van der Waals surface area contributed by atoms with Gasteiger partial charge in [0.25, 0.3) is 0 Å².